The van der Waals surface area contributed by atoms with Gasteiger partial charge in [-0.15, -0.1) is 23.1 Å². The molecule has 5 rings (SSSR count). The Kier molecular flexibility index (Phi) is 11.0. The molecule has 2 atom stereocenters. The molecule has 1 amide bonds. The maximum atomic E-state index is 13.7. The summed E-state index contributed by atoms with van der Waals surface area (Å²) >= 11 is 15.4. The topological polar surface area (TPSA) is 95.3 Å². The van der Waals surface area contributed by atoms with Crippen molar-refractivity contribution in [1.82, 2.24) is 9.80 Å². The number of esters is 1. The Morgan fingerprint density at radius 2 is 1.87 bits per heavy atom. The van der Waals surface area contributed by atoms with Crippen molar-refractivity contribution in [3.05, 3.63) is 78.9 Å². The Balaban J connectivity index is 1.42. The summed E-state index contributed by atoms with van der Waals surface area (Å²) in [4.78, 5) is 32.2. The number of hydrogen-bond acceptors (Lipinski definition) is 9. The Morgan fingerprint density at radius 3 is 2.53 bits per heavy atom. The lowest BCUT2D eigenvalue weighted by Crippen LogP contribution is -2.40. The highest BCUT2D eigenvalue weighted by Gasteiger charge is 2.38. The average Bonchev–Trinajstić information content (AvgIpc) is 3.46. The van der Waals surface area contributed by atoms with Crippen LogP contribution in [0.2, 0.25) is 10.0 Å². The van der Waals surface area contributed by atoms with Gasteiger partial charge in [-0.1, -0.05) is 29.3 Å². The molecule has 15 heteroatoms. The van der Waals surface area contributed by atoms with Crippen LogP contribution in [0.3, 0.4) is 0 Å². The van der Waals surface area contributed by atoms with Crippen molar-refractivity contribution in [2.24, 2.45) is 5.92 Å². The van der Waals surface area contributed by atoms with Gasteiger partial charge in [-0.3, -0.25) is 4.79 Å². The van der Waals surface area contributed by atoms with Crippen molar-refractivity contribution in [3.8, 4) is 11.5 Å². The fourth-order valence-corrected chi connectivity index (χ4v) is 7.54. The number of thiophene rings is 1. The third-order valence-electron chi connectivity index (χ3n) is 7.13. The minimum Gasteiger partial charge on any atom is -0.619 e. The first-order valence-electron chi connectivity index (χ1n) is 14.1. The number of ether oxygens (including phenoxy) is 3. The molecule has 9 nitrogen and oxygen atoms in total. The molecule has 2 unspecified atom stereocenters. The van der Waals surface area contributed by atoms with Gasteiger partial charge in [-0.2, -0.15) is 13.5 Å². The number of hydrogen-bond donors (Lipinski definition) is 0. The van der Waals surface area contributed by atoms with Crippen molar-refractivity contribution < 1.29 is 37.3 Å². The van der Waals surface area contributed by atoms with Crippen LogP contribution in [0.25, 0.3) is 0 Å². The van der Waals surface area contributed by atoms with Gasteiger partial charge in [-0.05, 0) is 62.7 Å². The van der Waals surface area contributed by atoms with E-state index in [9.17, 15) is 23.6 Å². The van der Waals surface area contributed by atoms with E-state index < -0.39 is 24.1 Å². The van der Waals surface area contributed by atoms with E-state index in [1.54, 1.807) is 6.07 Å². The van der Waals surface area contributed by atoms with Crippen molar-refractivity contribution in [2.45, 2.75) is 43.9 Å². The Morgan fingerprint density at radius 1 is 1.13 bits per heavy atom. The van der Waals surface area contributed by atoms with Crippen LogP contribution in [0.1, 0.15) is 44.6 Å². The van der Waals surface area contributed by atoms with Crippen molar-refractivity contribution in [1.29, 1.82) is 0 Å². The highest BCUT2D eigenvalue weighted by molar-refractivity contribution is 8.00. The van der Waals surface area contributed by atoms with Gasteiger partial charge >= 0.3 is 12.6 Å². The van der Waals surface area contributed by atoms with Crippen LogP contribution < -0.4 is 14.2 Å². The van der Waals surface area contributed by atoms with Crippen molar-refractivity contribution in [3.63, 3.8) is 0 Å². The fraction of sp³-hybridized carbons (Fsp3) is 0.433. The van der Waals surface area contributed by atoms with E-state index in [-0.39, 0.29) is 33.9 Å². The number of carbonyl (C=O) groups excluding carboxylic acids is 2. The van der Waals surface area contributed by atoms with Gasteiger partial charge in [-0.25, -0.2) is 4.79 Å². The van der Waals surface area contributed by atoms with Gasteiger partial charge in [0.25, 0.3) is 5.91 Å². The van der Waals surface area contributed by atoms with Crippen LogP contribution in [0.4, 0.5) is 8.78 Å². The number of nitrogens with zero attached hydrogens (tertiary/aromatic N) is 3. The molecule has 242 valence electrons. The van der Waals surface area contributed by atoms with Gasteiger partial charge < -0.3 is 29.2 Å². The molecule has 2 aromatic heterocycles. The Labute approximate surface area is 277 Å². The quantitative estimate of drug-likeness (QED) is 0.118. The Bertz CT molecular complexity index is 1520. The molecule has 0 radical (unpaired) electrons. The normalized spacial score (nSPS) is 17.2. The summed E-state index contributed by atoms with van der Waals surface area (Å²) in [6, 6.07) is 7.95. The van der Waals surface area contributed by atoms with E-state index in [1.165, 1.54) is 46.2 Å². The number of rotatable bonds is 13. The summed E-state index contributed by atoms with van der Waals surface area (Å²) in [5, 5.41) is 11.1. The number of pyridine rings is 1. The summed E-state index contributed by atoms with van der Waals surface area (Å²) in [5.74, 6) is -0.169. The van der Waals surface area contributed by atoms with E-state index in [4.69, 9.17) is 32.7 Å². The standard InChI is InChI=1S/C30H31Cl2F2N3O6S2/c1-35(2)13-19-6-8-26(45-19)27(38)37-9-10-44-28(37)29(39)42-24(12-20-21(31)14-36(40)15-22(20)32)18-5-7-23(43-30(33)34)25(11-18)41-16-17-3-4-17/h5-8,11,14-15,17,24,28,30H,3-4,9-10,12-13,16H2,1-2H3. The molecule has 45 heavy (non-hydrogen) atoms. The van der Waals surface area contributed by atoms with Gasteiger partial charge in [0.15, 0.2) is 29.3 Å². The SMILES string of the molecule is CN(C)Cc1ccc(C(=O)N2CCSC2C(=O)OC(Cc2c(Cl)c[n+]([O-])cc2Cl)c2ccc(OC(F)F)c(OCC3CC3)c2)s1. The summed E-state index contributed by atoms with van der Waals surface area (Å²) in [6.07, 6.45) is 3.13. The van der Waals surface area contributed by atoms with E-state index in [0.717, 1.165) is 30.1 Å². The first-order valence-corrected chi connectivity index (χ1v) is 16.8. The largest absolute Gasteiger partial charge is 0.619 e. The first-order chi connectivity index (χ1) is 21.5. The average molecular weight is 703 g/mol. The molecule has 3 aromatic rings. The highest BCUT2D eigenvalue weighted by Crippen LogP contribution is 2.39. The van der Waals surface area contributed by atoms with E-state index in [0.29, 0.717) is 52.1 Å². The predicted octanol–water partition coefficient (Wildman–Crippen LogP) is 6.18. The highest BCUT2D eigenvalue weighted by atomic mass is 35.5. The summed E-state index contributed by atoms with van der Waals surface area (Å²) in [7, 11) is 3.88. The Hall–Kier alpha value is -2.84. The molecule has 1 saturated heterocycles. The van der Waals surface area contributed by atoms with Crippen LogP contribution in [0.15, 0.2) is 42.7 Å². The zero-order valence-electron chi connectivity index (χ0n) is 24.4. The van der Waals surface area contributed by atoms with E-state index in [2.05, 4.69) is 4.74 Å². The van der Waals surface area contributed by atoms with Crippen LogP contribution >= 0.6 is 46.3 Å². The number of amides is 1. The molecule has 1 aromatic carbocycles. The molecule has 3 heterocycles. The molecule has 2 fully saturated rings. The zero-order chi connectivity index (χ0) is 32.2. The maximum Gasteiger partial charge on any atom is 0.387 e. The summed E-state index contributed by atoms with van der Waals surface area (Å²) < 4.78 is 43.4. The van der Waals surface area contributed by atoms with Crippen LogP contribution in [0, 0.1) is 11.1 Å². The fourth-order valence-electron chi connectivity index (χ4n) is 4.76. The minimum absolute atomic E-state index is 0.0501. The van der Waals surface area contributed by atoms with E-state index >= 15 is 0 Å². The molecular weight excluding hydrogens is 671 g/mol. The molecule has 1 aliphatic carbocycles. The van der Waals surface area contributed by atoms with E-state index in [1.807, 2.05) is 25.1 Å². The van der Waals surface area contributed by atoms with Crippen LogP contribution in [-0.4, -0.2) is 66.7 Å². The zero-order valence-corrected chi connectivity index (χ0v) is 27.6. The second-order valence-electron chi connectivity index (χ2n) is 11.0. The molecule has 0 N–H and O–H groups in total. The number of benzene rings is 1. The summed E-state index contributed by atoms with van der Waals surface area (Å²) in [6.45, 7) is -1.71. The molecule has 1 aliphatic heterocycles. The molecule has 2 aliphatic rings. The number of halogens is 4. The number of carbonyl (C=O) groups is 2. The molecule has 1 saturated carbocycles. The number of alkyl halides is 2. The predicted molar refractivity (Wildman–Crippen MR) is 168 cm³/mol. The second-order valence-corrected chi connectivity index (χ2v) is 14.2. The van der Waals surface area contributed by atoms with Gasteiger partial charge in [0, 0.05) is 35.7 Å². The number of aromatic nitrogens is 1. The summed E-state index contributed by atoms with van der Waals surface area (Å²) in [5.41, 5.74) is 0.741. The lowest BCUT2D eigenvalue weighted by Gasteiger charge is -2.26. The van der Waals surface area contributed by atoms with Gasteiger partial charge in [0.1, 0.15) is 16.1 Å². The second kappa shape index (κ2) is 14.7. The van der Waals surface area contributed by atoms with Crippen molar-refractivity contribution >= 4 is 58.2 Å². The lowest BCUT2D eigenvalue weighted by atomic mass is 10.0. The molecular formula is C30H31Cl2F2N3O6S2. The monoisotopic (exact) mass is 701 g/mol. The number of thioether (sulfide) groups is 1. The smallest absolute Gasteiger partial charge is 0.387 e. The van der Waals surface area contributed by atoms with Crippen LogP contribution in [0.5, 0.6) is 11.5 Å². The third kappa shape index (κ3) is 8.70. The van der Waals surface area contributed by atoms with Gasteiger partial charge in [0.2, 0.25) is 0 Å². The molecule has 0 bridgehead atoms. The van der Waals surface area contributed by atoms with Gasteiger partial charge in [0.05, 0.1) is 11.5 Å². The minimum atomic E-state index is -3.07. The van der Waals surface area contributed by atoms with Crippen LogP contribution in [-0.2, 0) is 22.5 Å². The molecule has 0 spiro atoms. The third-order valence-corrected chi connectivity index (χ3v) is 10.0. The van der Waals surface area contributed by atoms with Crippen molar-refractivity contribution in [2.75, 3.05) is 33.0 Å². The lowest BCUT2D eigenvalue weighted by molar-refractivity contribution is -0.605. The maximum absolute atomic E-state index is 13.7. The first kappa shape index (κ1) is 33.5.